The molecule has 0 heterocycles. The van der Waals surface area contributed by atoms with Crippen molar-refractivity contribution in [1.29, 1.82) is 0 Å². The summed E-state index contributed by atoms with van der Waals surface area (Å²) in [5.41, 5.74) is 0. The Bertz CT molecular complexity index is 27.0. The Morgan fingerprint density at radius 2 is 2.00 bits per heavy atom. The van der Waals surface area contributed by atoms with Gasteiger partial charge in [-0.3, -0.25) is 4.79 Å². The molecule has 0 bridgehead atoms. The van der Waals surface area contributed by atoms with Crippen LogP contribution in [-0.4, -0.2) is 11.1 Å². The van der Waals surface area contributed by atoms with Gasteiger partial charge in [0.1, 0.15) is 6.92 Å². The van der Waals surface area contributed by atoms with Gasteiger partial charge in [-0.1, -0.05) is 0 Å². The van der Waals surface area contributed by atoms with E-state index in [-0.39, 0.29) is 0 Å². The van der Waals surface area contributed by atoms with Crippen LogP contribution in [0.4, 0.5) is 0 Å². The lowest BCUT2D eigenvalue weighted by atomic mass is 10.9. The van der Waals surface area contributed by atoms with Crippen LogP contribution in [0.3, 0.4) is 0 Å². The number of hydrogen-bond acceptors (Lipinski definition) is 1. The molecule has 0 fully saturated rings. The van der Waals surface area contributed by atoms with Gasteiger partial charge in [-0.2, -0.15) is 0 Å². The number of carbonyl (C=O) groups is 1. The second-order valence-corrected chi connectivity index (χ2v) is 0.305. The average Bonchev–Trinajstić information content (AvgIpc) is 0.811. The Kier molecular flexibility index (Phi) is 0.759. The summed E-state index contributed by atoms with van der Waals surface area (Å²) in [4.78, 5) is 8.67. The molecule has 1 N–H and O–H groups in total. The average molecular weight is 57.0 g/mol. The maximum absolute atomic E-state index is 8.67. The van der Waals surface area contributed by atoms with E-state index in [1.807, 2.05) is 0 Å². The zero-order valence-electron chi connectivity index (χ0n) is 1.86. The summed E-state index contributed by atoms with van der Waals surface area (Å²) in [6, 6.07) is 0. The second-order valence-electron chi connectivity index (χ2n) is 0.305. The number of hydrogen-bond donors (Lipinski definition) is 1. The number of carboxylic acids is 1. The molecule has 0 spiro atoms. The van der Waals surface area contributed by atoms with E-state index < -0.39 is 5.97 Å². The van der Waals surface area contributed by atoms with Gasteiger partial charge >= 0.3 is 5.97 Å². The summed E-state index contributed by atoms with van der Waals surface area (Å²) in [5.74, 6) is -1.58. The smallest absolute Gasteiger partial charge is 0.313 e. The standard InChI is InChI=1S/C2HO2/c1-2(3)4/h(H,3,4). The Morgan fingerprint density at radius 3 is 2.00 bits per heavy atom. The molecule has 0 unspecified atom stereocenters. The topological polar surface area (TPSA) is 37.3 Å². The third-order valence-electron chi connectivity index (χ3n) is 0. The molecule has 0 amide bonds. The largest absolute Gasteiger partial charge is 0.481 e. The molecule has 0 aromatic rings. The molecule has 0 rings (SSSR count). The van der Waals surface area contributed by atoms with Crippen LogP contribution in [0, 0.1) is 6.92 Å². The third-order valence-corrected chi connectivity index (χ3v) is 0. The van der Waals surface area contributed by atoms with Gasteiger partial charge in [0.15, 0.2) is 0 Å². The molecule has 0 aliphatic heterocycles. The zero-order valence-corrected chi connectivity index (χ0v) is 1.86. The highest BCUT2D eigenvalue weighted by Crippen LogP contribution is 1.40. The van der Waals surface area contributed by atoms with Crippen LogP contribution < -0.4 is 0 Å². The molecule has 0 atom stereocenters. The van der Waals surface area contributed by atoms with Crippen molar-refractivity contribution >= 4 is 5.97 Å². The van der Waals surface area contributed by atoms with Gasteiger partial charge in [0.2, 0.25) is 0 Å². The number of carboxylic acid groups (broad SMARTS) is 1. The molecule has 0 aliphatic carbocycles. The van der Waals surface area contributed by atoms with Gasteiger partial charge in [0.25, 0.3) is 0 Å². The summed E-state index contributed by atoms with van der Waals surface area (Å²) in [6.45, 7) is 5.50. The molecular weight excluding hydrogens is 56.0 g/mol. The first-order chi connectivity index (χ1) is 1.73. The molecular formula is C2HO2. The summed E-state index contributed by atoms with van der Waals surface area (Å²) in [7, 11) is 0. The maximum atomic E-state index is 8.67. The van der Waals surface area contributed by atoms with Gasteiger partial charge in [-0.15, -0.1) is 0 Å². The fourth-order valence-electron chi connectivity index (χ4n) is 0. The van der Waals surface area contributed by atoms with E-state index >= 15 is 0 Å². The van der Waals surface area contributed by atoms with Crippen LogP contribution in [0.5, 0.6) is 0 Å². The van der Waals surface area contributed by atoms with Crippen molar-refractivity contribution < 1.29 is 9.90 Å². The molecule has 0 aromatic heterocycles. The van der Waals surface area contributed by atoms with Crippen molar-refractivity contribution in [2.24, 2.45) is 0 Å². The highest BCUT2D eigenvalue weighted by Gasteiger charge is 1.68. The van der Waals surface area contributed by atoms with E-state index in [0.717, 1.165) is 0 Å². The van der Waals surface area contributed by atoms with Crippen molar-refractivity contribution in [1.82, 2.24) is 0 Å². The molecule has 3 radical (unpaired) electrons. The fraction of sp³-hybridized carbons (Fsp3) is 0. The first-order valence-corrected chi connectivity index (χ1v) is 0.678. The SMILES string of the molecule is [C]C(=O)O. The lowest BCUT2D eigenvalue weighted by molar-refractivity contribution is -0.131. The Morgan fingerprint density at radius 1 is 2.00 bits per heavy atom. The van der Waals surface area contributed by atoms with Gasteiger partial charge in [-0.05, 0) is 0 Å². The molecule has 21 valence electrons. The van der Waals surface area contributed by atoms with E-state index in [4.69, 9.17) is 16.8 Å². The summed E-state index contributed by atoms with van der Waals surface area (Å²) in [6.07, 6.45) is 0. The molecule has 0 aliphatic rings. The first-order valence-electron chi connectivity index (χ1n) is 0.678. The molecule has 0 aromatic carbocycles. The predicted molar refractivity (Wildman–Crippen MR) is 10.9 cm³/mol. The lowest BCUT2D eigenvalue weighted by Crippen LogP contribution is -1.79. The minimum atomic E-state index is -1.58. The molecule has 4 heavy (non-hydrogen) atoms. The van der Waals surface area contributed by atoms with Crippen LogP contribution in [0.15, 0.2) is 0 Å². The summed E-state index contributed by atoms with van der Waals surface area (Å²) >= 11 is 0. The van der Waals surface area contributed by atoms with Crippen molar-refractivity contribution in [2.75, 3.05) is 0 Å². The lowest BCUT2D eigenvalue weighted by Gasteiger charge is -1.57. The Balaban J connectivity index is 2.80. The maximum Gasteiger partial charge on any atom is 0.313 e. The Labute approximate surface area is 24.1 Å². The van der Waals surface area contributed by atoms with Crippen molar-refractivity contribution in [3.8, 4) is 0 Å². The number of aliphatic carboxylic acids is 1. The number of rotatable bonds is 0. The van der Waals surface area contributed by atoms with E-state index in [1.54, 1.807) is 0 Å². The van der Waals surface area contributed by atoms with Crippen LogP contribution in [-0.2, 0) is 4.79 Å². The molecule has 0 saturated heterocycles. The van der Waals surface area contributed by atoms with Crippen LogP contribution in [0.25, 0.3) is 0 Å². The Hall–Kier alpha value is -0.530. The van der Waals surface area contributed by atoms with Gasteiger partial charge in [-0.25, -0.2) is 0 Å². The van der Waals surface area contributed by atoms with E-state index in [9.17, 15) is 0 Å². The monoisotopic (exact) mass is 57.0 g/mol. The van der Waals surface area contributed by atoms with Crippen molar-refractivity contribution in [3.05, 3.63) is 6.92 Å². The van der Waals surface area contributed by atoms with Gasteiger partial charge in [0, 0.05) is 0 Å². The molecule has 2 heteroatoms. The van der Waals surface area contributed by atoms with Crippen molar-refractivity contribution in [2.45, 2.75) is 0 Å². The van der Waals surface area contributed by atoms with Gasteiger partial charge < -0.3 is 5.11 Å². The van der Waals surface area contributed by atoms with Gasteiger partial charge in [0.05, 0.1) is 0 Å². The summed E-state index contributed by atoms with van der Waals surface area (Å²) < 4.78 is 0. The summed E-state index contributed by atoms with van der Waals surface area (Å²) in [5, 5.41) is 7.08. The van der Waals surface area contributed by atoms with E-state index in [1.165, 1.54) is 0 Å². The molecule has 2 nitrogen and oxygen atoms in total. The highest BCUT2D eigenvalue weighted by atomic mass is 16.4. The minimum absolute atomic E-state index is 1.58. The predicted octanol–water partition coefficient (Wildman–Crippen LogP) is -0.341. The van der Waals surface area contributed by atoms with Crippen LogP contribution >= 0.6 is 0 Å². The first kappa shape index (κ1) is 3.47. The second kappa shape index (κ2) is 0.875. The van der Waals surface area contributed by atoms with Crippen LogP contribution in [0.1, 0.15) is 0 Å². The fourth-order valence-corrected chi connectivity index (χ4v) is 0. The van der Waals surface area contributed by atoms with Crippen LogP contribution in [0.2, 0.25) is 0 Å². The zero-order chi connectivity index (χ0) is 3.58. The molecule has 0 saturated carbocycles. The quantitative estimate of drug-likeness (QED) is 0.413. The van der Waals surface area contributed by atoms with E-state index in [0.29, 0.717) is 0 Å². The minimum Gasteiger partial charge on any atom is -0.481 e. The third kappa shape index (κ3) is 1.16. The normalized spacial score (nSPS) is 6.25. The van der Waals surface area contributed by atoms with Crippen molar-refractivity contribution in [3.63, 3.8) is 0 Å². The highest BCUT2D eigenvalue weighted by molar-refractivity contribution is 5.71. The van der Waals surface area contributed by atoms with E-state index in [2.05, 4.69) is 0 Å².